The number of pyridine rings is 2. The number of rotatable bonds is 3. The predicted molar refractivity (Wildman–Crippen MR) is 102 cm³/mol. The summed E-state index contributed by atoms with van der Waals surface area (Å²) in [4.78, 5) is 20.8. The standard InChI is InChI=1S/C21H17N3O/c1-13-4-3-5-16(10-13)23-21-18-8-9-22-12-19(18)17-7-6-15(14(2)25)11-20(17)24-21/h3-12H,1-2H3,(H,23,24). The van der Waals surface area contributed by atoms with Crippen molar-refractivity contribution in [1.29, 1.82) is 0 Å². The predicted octanol–water partition coefficient (Wildman–Crippen LogP) is 5.04. The van der Waals surface area contributed by atoms with Crippen molar-refractivity contribution in [3.63, 3.8) is 0 Å². The van der Waals surface area contributed by atoms with E-state index < -0.39 is 0 Å². The topological polar surface area (TPSA) is 54.9 Å². The van der Waals surface area contributed by atoms with Crippen LogP contribution >= 0.6 is 0 Å². The maximum Gasteiger partial charge on any atom is 0.159 e. The number of ketones is 1. The van der Waals surface area contributed by atoms with E-state index in [1.54, 1.807) is 13.1 Å². The van der Waals surface area contributed by atoms with E-state index in [1.165, 1.54) is 5.56 Å². The van der Waals surface area contributed by atoms with E-state index in [9.17, 15) is 4.79 Å². The molecule has 0 radical (unpaired) electrons. The molecule has 0 saturated carbocycles. The van der Waals surface area contributed by atoms with E-state index in [0.29, 0.717) is 5.56 Å². The minimum Gasteiger partial charge on any atom is -0.340 e. The van der Waals surface area contributed by atoms with Gasteiger partial charge in [-0.05, 0) is 43.7 Å². The highest BCUT2D eigenvalue weighted by Crippen LogP contribution is 2.31. The molecular formula is C21H17N3O. The zero-order valence-electron chi connectivity index (χ0n) is 14.1. The van der Waals surface area contributed by atoms with E-state index >= 15 is 0 Å². The molecule has 0 aliphatic rings. The van der Waals surface area contributed by atoms with E-state index in [-0.39, 0.29) is 5.78 Å². The first-order valence-electron chi connectivity index (χ1n) is 8.14. The molecule has 0 fully saturated rings. The Morgan fingerprint density at radius 3 is 2.68 bits per heavy atom. The highest BCUT2D eigenvalue weighted by molar-refractivity contribution is 6.11. The Bertz CT molecular complexity index is 1120. The zero-order valence-corrected chi connectivity index (χ0v) is 14.1. The van der Waals surface area contributed by atoms with Gasteiger partial charge >= 0.3 is 0 Å². The number of carbonyl (C=O) groups excluding carboxylic acids is 1. The number of hydrogen-bond acceptors (Lipinski definition) is 4. The number of Topliss-reactive ketones (excluding diaryl/α,β-unsaturated/α-hetero) is 1. The summed E-state index contributed by atoms with van der Waals surface area (Å²) in [5, 5.41) is 6.40. The molecule has 25 heavy (non-hydrogen) atoms. The van der Waals surface area contributed by atoms with Crippen LogP contribution in [0.3, 0.4) is 0 Å². The van der Waals surface area contributed by atoms with Gasteiger partial charge in [-0.25, -0.2) is 4.98 Å². The van der Waals surface area contributed by atoms with Gasteiger partial charge in [0.2, 0.25) is 0 Å². The minimum absolute atomic E-state index is 0.0307. The van der Waals surface area contributed by atoms with Crippen molar-refractivity contribution < 1.29 is 4.79 Å². The lowest BCUT2D eigenvalue weighted by molar-refractivity contribution is 0.101. The van der Waals surface area contributed by atoms with E-state index in [0.717, 1.165) is 33.2 Å². The van der Waals surface area contributed by atoms with Gasteiger partial charge in [-0.15, -0.1) is 0 Å². The Hall–Kier alpha value is -3.27. The first kappa shape index (κ1) is 15.3. The van der Waals surface area contributed by atoms with Gasteiger partial charge in [0.25, 0.3) is 0 Å². The molecule has 0 aliphatic heterocycles. The Balaban J connectivity index is 1.96. The molecule has 4 aromatic rings. The highest BCUT2D eigenvalue weighted by Gasteiger charge is 2.10. The van der Waals surface area contributed by atoms with Crippen LogP contribution in [0.15, 0.2) is 60.9 Å². The maximum atomic E-state index is 11.7. The fourth-order valence-corrected chi connectivity index (χ4v) is 3.02. The monoisotopic (exact) mass is 327 g/mol. The molecule has 2 aromatic heterocycles. The molecule has 1 N–H and O–H groups in total. The minimum atomic E-state index is 0.0307. The second-order valence-corrected chi connectivity index (χ2v) is 6.16. The molecule has 0 amide bonds. The number of aromatic nitrogens is 2. The SMILES string of the molecule is CC(=O)c1ccc2c(c1)nc(Nc1cccc(C)c1)c1ccncc12. The molecule has 122 valence electrons. The van der Waals surface area contributed by atoms with Crippen molar-refractivity contribution in [2.75, 3.05) is 5.32 Å². The van der Waals surface area contributed by atoms with Crippen LogP contribution in [0, 0.1) is 6.92 Å². The van der Waals surface area contributed by atoms with Crippen LogP contribution < -0.4 is 5.32 Å². The number of nitrogens with one attached hydrogen (secondary N) is 1. The molecule has 4 heteroatoms. The lowest BCUT2D eigenvalue weighted by atomic mass is 10.0. The van der Waals surface area contributed by atoms with E-state index in [2.05, 4.69) is 29.4 Å². The molecule has 4 rings (SSSR count). The van der Waals surface area contributed by atoms with Gasteiger partial charge in [-0.2, -0.15) is 0 Å². The third-order valence-electron chi connectivity index (χ3n) is 4.28. The van der Waals surface area contributed by atoms with Gasteiger partial charge in [0.1, 0.15) is 5.82 Å². The van der Waals surface area contributed by atoms with Crippen LogP contribution in [-0.4, -0.2) is 15.8 Å². The molecule has 0 unspecified atom stereocenters. The first-order valence-corrected chi connectivity index (χ1v) is 8.14. The third kappa shape index (κ3) is 2.83. The van der Waals surface area contributed by atoms with Crippen LogP contribution in [0.5, 0.6) is 0 Å². The number of fused-ring (bicyclic) bond motifs is 3. The van der Waals surface area contributed by atoms with Crippen molar-refractivity contribution >= 4 is 39.0 Å². The summed E-state index contributed by atoms with van der Waals surface area (Å²) in [6, 6.07) is 15.7. The van der Waals surface area contributed by atoms with E-state index in [1.807, 2.05) is 42.6 Å². The molecule has 0 bridgehead atoms. The number of carbonyl (C=O) groups is 1. The number of hydrogen-bond donors (Lipinski definition) is 1. The summed E-state index contributed by atoms with van der Waals surface area (Å²) < 4.78 is 0. The summed E-state index contributed by atoms with van der Waals surface area (Å²) in [7, 11) is 0. The van der Waals surface area contributed by atoms with Gasteiger partial charge in [0.15, 0.2) is 5.78 Å². The number of anilines is 2. The first-order chi connectivity index (χ1) is 12.1. The molecule has 0 spiro atoms. The fraction of sp³-hybridized carbons (Fsp3) is 0.0952. The Labute approximate surface area is 145 Å². The summed E-state index contributed by atoms with van der Waals surface area (Å²) in [5.74, 6) is 0.791. The van der Waals surface area contributed by atoms with Crippen LogP contribution in [0.4, 0.5) is 11.5 Å². The second kappa shape index (κ2) is 5.98. The zero-order chi connectivity index (χ0) is 17.4. The van der Waals surface area contributed by atoms with Crippen molar-refractivity contribution in [3.05, 3.63) is 72.1 Å². The van der Waals surface area contributed by atoms with Crippen molar-refractivity contribution in [1.82, 2.24) is 9.97 Å². The fourth-order valence-electron chi connectivity index (χ4n) is 3.02. The van der Waals surface area contributed by atoms with Crippen LogP contribution in [0.25, 0.3) is 21.7 Å². The summed E-state index contributed by atoms with van der Waals surface area (Å²) in [6.07, 6.45) is 3.61. The third-order valence-corrected chi connectivity index (χ3v) is 4.28. The molecular weight excluding hydrogens is 310 g/mol. The van der Waals surface area contributed by atoms with Gasteiger partial charge in [0, 0.05) is 39.8 Å². The van der Waals surface area contributed by atoms with E-state index in [4.69, 9.17) is 4.98 Å². The Kier molecular flexibility index (Phi) is 3.65. The summed E-state index contributed by atoms with van der Waals surface area (Å²) >= 11 is 0. The molecule has 2 heterocycles. The maximum absolute atomic E-state index is 11.7. The van der Waals surface area contributed by atoms with Gasteiger partial charge in [-0.1, -0.05) is 24.3 Å². The molecule has 4 nitrogen and oxygen atoms in total. The normalized spacial score (nSPS) is 11.0. The highest BCUT2D eigenvalue weighted by atomic mass is 16.1. The summed E-state index contributed by atoms with van der Waals surface area (Å²) in [6.45, 7) is 3.62. The smallest absolute Gasteiger partial charge is 0.159 e. The largest absolute Gasteiger partial charge is 0.340 e. The average molecular weight is 327 g/mol. The van der Waals surface area contributed by atoms with Gasteiger partial charge < -0.3 is 5.32 Å². The quantitative estimate of drug-likeness (QED) is 0.423. The lowest BCUT2D eigenvalue weighted by Crippen LogP contribution is -1.98. The van der Waals surface area contributed by atoms with Gasteiger partial charge in [-0.3, -0.25) is 9.78 Å². The number of benzene rings is 2. The Morgan fingerprint density at radius 1 is 1.00 bits per heavy atom. The van der Waals surface area contributed by atoms with Crippen molar-refractivity contribution in [2.45, 2.75) is 13.8 Å². The lowest BCUT2D eigenvalue weighted by Gasteiger charge is -2.12. The van der Waals surface area contributed by atoms with Crippen molar-refractivity contribution in [2.24, 2.45) is 0 Å². The average Bonchev–Trinajstić information content (AvgIpc) is 2.61. The molecule has 2 aromatic carbocycles. The molecule has 0 saturated heterocycles. The Morgan fingerprint density at radius 2 is 1.88 bits per heavy atom. The van der Waals surface area contributed by atoms with Crippen LogP contribution in [-0.2, 0) is 0 Å². The van der Waals surface area contributed by atoms with Crippen molar-refractivity contribution in [3.8, 4) is 0 Å². The number of aryl methyl sites for hydroxylation is 1. The van der Waals surface area contributed by atoms with Crippen LogP contribution in [0.1, 0.15) is 22.8 Å². The summed E-state index contributed by atoms with van der Waals surface area (Å²) in [5.41, 5.74) is 3.59. The molecule has 0 aliphatic carbocycles. The molecule has 0 atom stereocenters. The second-order valence-electron chi connectivity index (χ2n) is 6.16. The number of nitrogens with zero attached hydrogens (tertiary/aromatic N) is 2. The van der Waals surface area contributed by atoms with Crippen LogP contribution in [0.2, 0.25) is 0 Å². The van der Waals surface area contributed by atoms with Gasteiger partial charge in [0.05, 0.1) is 5.52 Å².